The fraction of sp³-hybridized carbons (Fsp3) is 0.429. The van der Waals surface area contributed by atoms with Crippen LogP contribution in [0, 0.1) is 0 Å². The lowest BCUT2D eigenvalue weighted by atomic mass is 10.2. The second-order valence-corrected chi connectivity index (χ2v) is 5.66. The minimum Gasteiger partial charge on any atom is -0.452 e. The van der Waals surface area contributed by atoms with Crippen molar-refractivity contribution < 1.29 is 19.1 Å². The highest BCUT2D eigenvalue weighted by molar-refractivity contribution is 9.10. The van der Waals surface area contributed by atoms with Gasteiger partial charge in [0.1, 0.15) is 0 Å². The van der Waals surface area contributed by atoms with Crippen LogP contribution in [0.3, 0.4) is 0 Å². The maximum atomic E-state index is 11.9. The van der Waals surface area contributed by atoms with Crippen LogP contribution >= 0.6 is 15.9 Å². The van der Waals surface area contributed by atoms with E-state index in [1.54, 1.807) is 18.2 Å². The first-order valence-electron chi connectivity index (χ1n) is 6.66. The van der Waals surface area contributed by atoms with Gasteiger partial charge in [0.15, 0.2) is 6.61 Å². The van der Waals surface area contributed by atoms with E-state index in [4.69, 9.17) is 15.2 Å². The summed E-state index contributed by atoms with van der Waals surface area (Å²) in [6, 6.07) is 4.88. The molecule has 1 fully saturated rings. The minimum atomic E-state index is -0.624. The van der Waals surface area contributed by atoms with Gasteiger partial charge in [0.25, 0.3) is 5.91 Å². The number of hydrogen-bond donors (Lipinski definition) is 2. The molecule has 1 aromatic rings. The predicted molar refractivity (Wildman–Crippen MR) is 80.8 cm³/mol. The molecule has 0 unspecified atom stereocenters. The lowest BCUT2D eigenvalue weighted by molar-refractivity contribution is -0.124. The predicted octanol–water partition coefficient (Wildman–Crippen LogP) is 1.48. The third-order valence-electron chi connectivity index (χ3n) is 3.12. The van der Waals surface area contributed by atoms with Crippen molar-refractivity contribution in [1.82, 2.24) is 5.32 Å². The van der Waals surface area contributed by atoms with Gasteiger partial charge in [0.05, 0.1) is 11.7 Å². The summed E-state index contributed by atoms with van der Waals surface area (Å²) in [4.78, 5) is 23.5. The van der Waals surface area contributed by atoms with Crippen molar-refractivity contribution in [2.75, 3.05) is 25.5 Å². The van der Waals surface area contributed by atoms with E-state index in [1.807, 2.05) is 0 Å². The van der Waals surface area contributed by atoms with E-state index in [0.29, 0.717) is 16.7 Å². The molecule has 0 radical (unpaired) electrons. The molecule has 21 heavy (non-hydrogen) atoms. The second kappa shape index (κ2) is 7.42. The van der Waals surface area contributed by atoms with Crippen molar-refractivity contribution in [2.45, 2.75) is 18.9 Å². The summed E-state index contributed by atoms with van der Waals surface area (Å²) < 4.78 is 11.0. The second-order valence-electron chi connectivity index (χ2n) is 4.75. The number of nitrogens with one attached hydrogen (secondary N) is 1. The Hall–Kier alpha value is -1.60. The van der Waals surface area contributed by atoms with Crippen LogP contribution in [-0.4, -0.2) is 37.7 Å². The average molecular weight is 357 g/mol. The van der Waals surface area contributed by atoms with Crippen molar-refractivity contribution in [3.8, 4) is 0 Å². The largest absolute Gasteiger partial charge is 0.452 e. The average Bonchev–Trinajstić information content (AvgIpc) is 2.98. The van der Waals surface area contributed by atoms with Gasteiger partial charge in [0.2, 0.25) is 0 Å². The SMILES string of the molecule is Nc1ccc(Br)cc1C(=O)OCC(=O)NC[C@@H]1CCCO1. The van der Waals surface area contributed by atoms with Crippen LogP contribution in [0.1, 0.15) is 23.2 Å². The Balaban J connectivity index is 1.77. The Kier molecular flexibility index (Phi) is 5.58. The summed E-state index contributed by atoms with van der Waals surface area (Å²) >= 11 is 3.25. The molecule has 2 rings (SSSR count). The maximum absolute atomic E-state index is 11.9. The molecule has 6 nitrogen and oxygen atoms in total. The zero-order chi connectivity index (χ0) is 15.2. The monoisotopic (exact) mass is 356 g/mol. The molecule has 1 aromatic carbocycles. The molecule has 1 aliphatic rings. The van der Waals surface area contributed by atoms with Gasteiger partial charge in [-0.15, -0.1) is 0 Å². The first-order chi connectivity index (χ1) is 10.1. The Morgan fingerprint density at radius 3 is 3.00 bits per heavy atom. The van der Waals surface area contributed by atoms with Crippen LogP contribution in [0.2, 0.25) is 0 Å². The summed E-state index contributed by atoms with van der Waals surface area (Å²) in [6.07, 6.45) is 2.01. The smallest absolute Gasteiger partial charge is 0.340 e. The fourth-order valence-corrected chi connectivity index (χ4v) is 2.36. The molecule has 0 bridgehead atoms. The van der Waals surface area contributed by atoms with Crippen molar-refractivity contribution >= 4 is 33.5 Å². The summed E-state index contributed by atoms with van der Waals surface area (Å²) in [7, 11) is 0. The van der Waals surface area contributed by atoms with E-state index in [9.17, 15) is 9.59 Å². The third-order valence-corrected chi connectivity index (χ3v) is 3.61. The molecule has 3 N–H and O–H groups in total. The lowest BCUT2D eigenvalue weighted by Crippen LogP contribution is -2.34. The van der Waals surface area contributed by atoms with Gasteiger partial charge < -0.3 is 20.5 Å². The first-order valence-corrected chi connectivity index (χ1v) is 7.46. The molecule has 0 aliphatic carbocycles. The van der Waals surface area contributed by atoms with Gasteiger partial charge in [-0.25, -0.2) is 4.79 Å². The van der Waals surface area contributed by atoms with Gasteiger partial charge >= 0.3 is 5.97 Å². The number of hydrogen-bond acceptors (Lipinski definition) is 5. The number of carbonyl (C=O) groups is 2. The number of amides is 1. The van der Waals surface area contributed by atoms with E-state index >= 15 is 0 Å². The number of nitrogen functional groups attached to an aromatic ring is 1. The van der Waals surface area contributed by atoms with Crippen molar-refractivity contribution in [3.05, 3.63) is 28.2 Å². The molecule has 0 saturated carbocycles. The zero-order valence-electron chi connectivity index (χ0n) is 11.4. The molecule has 0 spiro atoms. The van der Waals surface area contributed by atoms with Crippen LogP contribution < -0.4 is 11.1 Å². The number of esters is 1. The molecule has 7 heteroatoms. The number of carbonyl (C=O) groups excluding carboxylic acids is 2. The normalized spacial score (nSPS) is 17.5. The van der Waals surface area contributed by atoms with Crippen LogP contribution in [-0.2, 0) is 14.3 Å². The minimum absolute atomic E-state index is 0.0605. The van der Waals surface area contributed by atoms with E-state index in [-0.39, 0.29) is 24.2 Å². The molecule has 1 amide bonds. The van der Waals surface area contributed by atoms with E-state index in [1.165, 1.54) is 0 Å². The molecule has 0 aromatic heterocycles. The van der Waals surface area contributed by atoms with Gasteiger partial charge in [0, 0.05) is 23.3 Å². The molecule has 1 atom stereocenters. The summed E-state index contributed by atoms with van der Waals surface area (Å²) in [5, 5.41) is 2.68. The molecular weight excluding hydrogens is 340 g/mol. The Morgan fingerprint density at radius 2 is 2.29 bits per heavy atom. The molecule has 1 saturated heterocycles. The fourth-order valence-electron chi connectivity index (χ4n) is 2.00. The van der Waals surface area contributed by atoms with Crippen LogP contribution in [0.15, 0.2) is 22.7 Å². The number of ether oxygens (including phenoxy) is 2. The highest BCUT2D eigenvalue weighted by Gasteiger charge is 2.17. The highest BCUT2D eigenvalue weighted by atomic mass is 79.9. The standard InChI is InChI=1S/C14H17BrN2O4/c15-9-3-4-12(16)11(6-9)14(19)21-8-13(18)17-7-10-2-1-5-20-10/h3-4,6,10H,1-2,5,7-8,16H2,(H,17,18)/t10-/m0/s1. The number of nitrogens with two attached hydrogens (primary N) is 1. The number of rotatable bonds is 5. The van der Waals surface area contributed by atoms with Gasteiger partial charge in [-0.1, -0.05) is 15.9 Å². The molecule has 1 aliphatic heterocycles. The lowest BCUT2D eigenvalue weighted by Gasteiger charge is -2.11. The zero-order valence-corrected chi connectivity index (χ0v) is 13.0. The maximum Gasteiger partial charge on any atom is 0.340 e. The Labute approximate surface area is 131 Å². The Morgan fingerprint density at radius 1 is 1.48 bits per heavy atom. The highest BCUT2D eigenvalue weighted by Crippen LogP contribution is 2.19. The topological polar surface area (TPSA) is 90.7 Å². The van der Waals surface area contributed by atoms with Crippen molar-refractivity contribution in [2.24, 2.45) is 0 Å². The number of halogens is 1. The number of benzene rings is 1. The summed E-state index contributed by atoms with van der Waals surface area (Å²) in [5.41, 5.74) is 6.24. The Bertz CT molecular complexity index is 530. The van der Waals surface area contributed by atoms with Crippen LogP contribution in [0.5, 0.6) is 0 Å². The van der Waals surface area contributed by atoms with Crippen LogP contribution in [0.4, 0.5) is 5.69 Å². The summed E-state index contributed by atoms with van der Waals surface area (Å²) in [6.45, 7) is 0.838. The van der Waals surface area contributed by atoms with Crippen LogP contribution in [0.25, 0.3) is 0 Å². The van der Waals surface area contributed by atoms with Gasteiger partial charge in [-0.05, 0) is 31.0 Å². The van der Waals surface area contributed by atoms with E-state index < -0.39 is 5.97 Å². The first kappa shape index (κ1) is 15.8. The van der Waals surface area contributed by atoms with E-state index in [2.05, 4.69) is 21.2 Å². The number of anilines is 1. The quantitative estimate of drug-likeness (QED) is 0.615. The van der Waals surface area contributed by atoms with Gasteiger partial charge in [-0.3, -0.25) is 4.79 Å². The molecule has 114 valence electrons. The van der Waals surface area contributed by atoms with Crippen molar-refractivity contribution in [3.63, 3.8) is 0 Å². The van der Waals surface area contributed by atoms with E-state index in [0.717, 1.165) is 19.4 Å². The molecule has 1 heterocycles. The molecular formula is C14H17BrN2O4. The summed E-state index contributed by atoms with van der Waals surface area (Å²) in [5.74, 6) is -0.978. The van der Waals surface area contributed by atoms with Crippen molar-refractivity contribution in [1.29, 1.82) is 0 Å². The van der Waals surface area contributed by atoms with Gasteiger partial charge in [-0.2, -0.15) is 0 Å². The third kappa shape index (κ3) is 4.71.